The summed E-state index contributed by atoms with van der Waals surface area (Å²) in [7, 11) is 2.02. The zero-order valence-electron chi connectivity index (χ0n) is 13.0. The Kier molecular flexibility index (Phi) is 4.34. The SMILES string of the molecule is CNCCC1CCCCN1c1nc2ccccc2nc1C. The summed E-state index contributed by atoms with van der Waals surface area (Å²) in [5.74, 6) is 1.08. The molecule has 2 aromatic rings. The predicted molar refractivity (Wildman–Crippen MR) is 87.8 cm³/mol. The van der Waals surface area contributed by atoms with Crippen LogP contribution in [0.2, 0.25) is 0 Å². The minimum atomic E-state index is 0.584. The van der Waals surface area contributed by atoms with Crippen LogP contribution in [-0.4, -0.2) is 36.1 Å². The number of nitrogens with one attached hydrogen (secondary N) is 1. The number of aryl methyl sites for hydroxylation is 1. The van der Waals surface area contributed by atoms with Crippen LogP contribution < -0.4 is 10.2 Å². The van der Waals surface area contributed by atoms with Gasteiger partial charge >= 0.3 is 0 Å². The summed E-state index contributed by atoms with van der Waals surface area (Å²) in [6, 6.07) is 8.73. The van der Waals surface area contributed by atoms with E-state index in [1.807, 2.05) is 25.2 Å². The number of fused-ring (bicyclic) bond motifs is 1. The molecule has 1 atom stereocenters. The maximum Gasteiger partial charge on any atom is 0.151 e. The third kappa shape index (κ3) is 3.00. The quantitative estimate of drug-likeness (QED) is 0.937. The first-order valence-corrected chi connectivity index (χ1v) is 7.94. The highest BCUT2D eigenvalue weighted by Gasteiger charge is 2.25. The van der Waals surface area contributed by atoms with Crippen LogP contribution in [0, 0.1) is 6.92 Å². The number of hydrogen-bond donors (Lipinski definition) is 1. The molecule has 2 heterocycles. The van der Waals surface area contributed by atoms with Crippen LogP contribution in [0.15, 0.2) is 24.3 Å². The topological polar surface area (TPSA) is 41.0 Å². The third-order valence-corrected chi connectivity index (χ3v) is 4.35. The minimum Gasteiger partial charge on any atom is -0.352 e. The van der Waals surface area contributed by atoms with Gasteiger partial charge in [0, 0.05) is 12.6 Å². The predicted octanol–water partition coefficient (Wildman–Crippen LogP) is 2.91. The normalized spacial score (nSPS) is 19.1. The number of hydrogen-bond acceptors (Lipinski definition) is 4. The van der Waals surface area contributed by atoms with E-state index in [9.17, 15) is 0 Å². The second-order valence-electron chi connectivity index (χ2n) is 5.86. The summed E-state index contributed by atoms with van der Waals surface area (Å²) < 4.78 is 0. The van der Waals surface area contributed by atoms with Crippen LogP contribution in [0.25, 0.3) is 11.0 Å². The molecule has 1 unspecified atom stereocenters. The minimum absolute atomic E-state index is 0.584. The first kappa shape index (κ1) is 14.3. The van der Waals surface area contributed by atoms with Gasteiger partial charge < -0.3 is 10.2 Å². The van der Waals surface area contributed by atoms with E-state index in [1.165, 1.54) is 25.7 Å². The molecule has 1 saturated heterocycles. The van der Waals surface area contributed by atoms with Crippen molar-refractivity contribution in [1.29, 1.82) is 0 Å². The number of benzene rings is 1. The van der Waals surface area contributed by atoms with E-state index in [4.69, 9.17) is 9.97 Å². The molecule has 21 heavy (non-hydrogen) atoms. The Morgan fingerprint density at radius 1 is 1.19 bits per heavy atom. The molecular weight excluding hydrogens is 260 g/mol. The average Bonchev–Trinajstić information content (AvgIpc) is 2.52. The van der Waals surface area contributed by atoms with E-state index < -0.39 is 0 Å². The maximum atomic E-state index is 4.90. The Morgan fingerprint density at radius 2 is 1.95 bits per heavy atom. The van der Waals surface area contributed by atoms with Gasteiger partial charge in [-0.05, 0) is 58.3 Å². The fraction of sp³-hybridized carbons (Fsp3) is 0.529. The Morgan fingerprint density at radius 3 is 2.71 bits per heavy atom. The van der Waals surface area contributed by atoms with Gasteiger partial charge in [0.2, 0.25) is 0 Å². The second kappa shape index (κ2) is 6.39. The van der Waals surface area contributed by atoms with E-state index >= 15 is 0 Å². The van der Waals surface area contributed by atoms with Crippen molar-refractivity contribution in [2.24, 2.45) is 0 Å². The van der Waals surface area contributed by atoms with Gasteiger partial charge in [-0.25, -0.2) is 9.97 Å². The molecule has 0 aliphatic carbocycles. The molecule has 1 aromatic heterocycles. The highest BCUT2D eigenvalue weighted by molar-refractivity contribution is 5.76. The van der Waals surface area contributed by atoms with Gasteiger partial charge in [-0.3, -0.25) is 0 Å². The number of nitrogens with zero attached hydrogens (tertiary/aromatic N) is 3. The fourth-order valence-electron chi connectivity index (χ4n) is 3.24. The van der Waals surface area contributed by atoms with E-state index in [0.717, 1.165) is 35.6 Å². The summed E-state index contributed by atoms with van der Waals surface area (Å²) in [5, 5.41) is 3.27. The lowest BCUT2D eigenvalue weighted by molar-refractivity contribution is 0.430. The number of anilines is 1. The summed E-state index contributed by atoms with van der Waals surface area (Å²) in [6.45, 7) is 4.24. The molecule has 0 saturated carbocycles. The van der Waals surface area contributed by atoms with Gasteiger partial charge in [-0.15, -0.1) is 0 Å². The first-order chi connectivity index (χ1) is 10.3. The lowest BCUT2D eigenvalue weighted by Crippen LogP contribution is -2.42. The zero-order chi connectivity index (χ0) is 14.7. The zero-order valence-corrected chi connectivity index (χ0v) is 13.0. The Labute approximate surface area is 126 Å². The second-order valence-corrected chi connectivity index (χ2v) is 5.86. The van der Waals surface area contributed by atoms with Crippen LogP contribution in [0.1, 0.15) is 31.4 Å². The van der Waals surface area contributed by atoms with E-state index in [1.54, 1.807) is 0 Å². The largest absolute Gasteiger partial charge is 0.352 e. The summed E-state index contributed by atoms with van der Waals surface area (Å²) in [5.41, 5.74) is 3.03. The van der Waals surface area contributed by atoms with Gasteiger partial charge in [-0.2, -0.15) is 0 Å². The van der Waals surface area contributed by atoms with Crippen molar-refractivity contribution >= 4 is 16.9 Å². The van der Waals surface area contributed by atoms with Crippen molar-refractivity contribution in [2.45, 2.75) is 38.6 Å². The summed E-state index contributed by atoms with van der Waals surface area (Å²) >= 11 is 0. The number of aromatic nitrogens is 2. The molecule has 0 spiro atoms. The Bertz CT molecular complexity index is 611. The molecule has 3 rings (SSSR count). The molecule has 4 heteroatoms. The van der Waals surface area contributed by atoms with Gasteiger partial charge in [0.05, 0.1) is 16.7 Å². The summed E-state index contributed by atoms with van der Waals surface area (Å²) in [4.78, 5) is 12.1. The number of piperidine rings is 1. The monoisotopic (exact) mass is 284 g/mol. The van der Waals surface area contributed by atoms with Crippen molar-refractivity contribution < 1.29 is 0 Å². The lowest BCUT2D eigenvalue weighted by atomic mass is 9.99. The third-order valence-electron chi connectivity index (χ3n) is 4.35. The van der Waals surface area contributed by atoms with Gasteiger partial charge in [0.1, 0.15) is 0 Å². The van der Waals surface area contributed by atoms with Crippen LogP contribution >= 0.6 is 0 Å². The molecule has 1 aromatic carbocycles. The standard InChI is InChI=1S/C17H24N4/c1-13-17(20-16-9-4-3-8-15(16)19-13)21-12-6-5-7-14(21)10-11-18-2/h3-4,8-9,14,18H,5-7,10-12H2,1-2H3. The molecular formula is C17H24N4. The van der Waals surface area contributed by atoms with Crippen LogP contribution in [-0.2, 0) is 0 Å². The van der Waals surface area contributed by atoms with E-state index in [-0.39, 0.29) is 0 Å². The highest BCUT2D eigenvalue weighted by Crippen LogP contribution is 2.28. The lowest BCUT2D eigenvalue weighted by Gasteiger charge is -2.37. The van der Waals surface area contributed by atoms with Crippen molar-refractivity contribution in [2.75, 3.05) is 25.0 Å². The van der Waals surface area contributed by atoms with Crippen molar-refractivity contribution in [3.8, 4) is 0 Å². The molecule has 1 aliphatic rings. The molecule has 1 aliphatic heterocycles. The van der Waals surface area contributed by atoms with Crippen LogP contribution in [0.4, 0.5) is 5.82 Å². The number of rotatable bonds is 4. The van der Waals surface area contributed by atoms with Gasteiger partial charge in [0.25, 0.3) is 0 Å². The Hall–Kier alpha value is -1.68. The van der Waals surface area contributed by atoms with Crippen LogP contribution in [0.3, 0.4) is 0 Å². The highest BCUT2D eigenvalue weighted by atomic mass is 15.2. The number of para-hydroxylation sites is 2. The van der Waals surface area contributed by atoms with Crippen LogP contribution in [0.5, 0.6) is 0 Å². The van der Waals surface area contributed by atoms with Crippen molar-refractivity contribution in [3.05, 3.63) is 30.0 Å². The molecule has 0 radical (unpaired) electrons. The Balaban J connectivity index is 1.94. The van der Waals surface area contributed by atoms with Crippen molar-refractivity contribution in [1.82, 2.24) is 15.3 Å². The molecule has 0 bridgehead atoms. The fourth-order valence-corrected chi connectivity index (χ4v) is 3.24. The van der Waals surface area contributed by atoms with Gasteiger partial charge in [0.15, 0.2) is 5.82 Å². The van der Waals surface area contributed by atoms with Crippen molar-refractivity contribution in [3.63, 3.8) is 0 Å². The van der Waals surface area contributed by atoms with E-state index in [2.05, 4.69) is 23.2 Å². The molecule has 1 fully saturated rings. The molecule has 112 valence electrons. The molecule has 4 nitrogen and oxygen atoms in total. The average molecular weight is 284 g/mol. The van der Waals surface area contributed by atoms with E-state index in [0.29, 0.717) is 6.04 Å². The molecule has 0 amide bonds. The van der Waals surface area contributed by atoms with Gasteiger partial charge in [-0.1, -0.05) is 12.1 Å². The molecule has 1 N–H and O–H groups in total. The summed E-state index contributed by atoms with van der Waals surface area (Å²) in [6.07, 6.45) is 5.01. The smallest absolute Gasteiger partial charge is 0.151 e. The maximum absolute atomic E-state index is 4.90. The first-order valence-electron chi connectivity index (χ1n) is 7.94.